The molecule has 2 rings (SSSR count). The van der Waals surface area contributed by atoms with Gasteiger partial charge in [-0.1, -0.05) is 31.5 Å². The van der Waals surface area contributed by atoms with Crippen LogP contribution in [0.15, 0.2) is 11.2 Å². The van der Waals surface area contributed by atoms with Gasteiger partial charge in [0.25, 0.3) is 0 Å². The van der Waals surface area contributed by atoms with Crippen molar-refractivity contribution in [2.75, 3.05) is 20.8 Å². The highest BCUT2D eigenvalue weighted by Crippen LogP contribution is 2.46. The minimum atomic E-state index is 0.0989. The molecule has 1 saturated carbocycles. The van der Waals surface area contributed by atoms with Crippen molar-refractivity contribution in [2.45, 2.75) is 43.0 Å². The van der Waals surface area contributed by atoms with Gasteiger partial charge in [-0.15, -0.1) is 0 Å². The molecule has 1 N–H and O–H groups in total. The van der Waals surface area contributed by atoms with Crippen molar-refractivity contribution in [2.24, 2.45) is 5.41 Å². The van der Waals surface area contributed by atoms with Gasteiger partial charge in [0.05, 0.1) is 26.9 Å². The average molecular weight is 298 g/mol. The van der Waals surface area contributed by atoms with Crippen molar-refractivity contribution >= 4 is 11.8 Å². The van der Waals surface area contributed by atoms with Crippen LogP contribution in [0.1, 0.15) is 32.6 Å². The lowest BCUT2D eigenvalue weighted by atomic mass is 9.85. The Balaban J connectivity index is 2.18. The lowest BCUT2D eigenvalue weighted by Crippen LogP contribution is -2.30. The van der Waals surface area contributed by atoms with Gasteiger partial charge in [0.2, 0.25) is 11.8 Å². The Hall–Kier alpha value is -1.01. The zero-order valence-electron chi connectivity index (χ0n) is 12.3. The number of ether oxygens (including phenoxy) is 2. The molecule has 1 heterocycles. The maximum atomic E-state index is 9.73. The van der Waals surface area contributed by atoms with Crippen LogP contribution in [0.25, 0.3) is 0 Å². The van der Waals surface area contributed by atoms with Gasteiger partial charge in [-0.2, -0.15) is 9.97 Å². The van der Waals surface area contributed by atoms with Crippen LogP contribution < -0.4 is 9.47 Å². The van der Waals surface area contributed by atoms with E-state index < -0.39 is 0 Å². The summed E-state index contributed by atoms with van der Waals surface area (Å²) in [5, 5.41) is 10.4. The molecule has 1 aliphatic rings. The average Bonchev–Trinajstić information content (AvgIpc) is 2.92. The zero-order chi connectivity index (χ0) is 14.6. The van der Waals surface area contributed by atoms with Gasteiger partial charge in [0.1, 0.15) is 0 Å². The molecule has 0 saturated heterocycles. The van der Waals surface area contributed by atoms with Crippen LogP contribution in [0, 0.1) is 5.41 Å². The molecule has 20 heavy (non-hydrogen) atoms. The molecule has 1 atom stereocenters. The van der Waals surface area contributed by atoms with Gasteiger partial charge in [-0.25, -0.2) is 0 Å². The second-order valence-electron chi connectivity index (χ2n) is 5.39. The minimum absolute atomic E-state index is 0.0989. The van der Waals surface area contributed by atoms with E-state index in [1.54, 1.807) is 20.3 Å². The third kappa shape index (κ3) is 3.35. The second-order valence-corrected chi connectivity index (χ2v) is 6.56. The van der Waals surface area contributed by atoms with Crippen LogP contribution in [0.2, 0.25) is 0 Å². The van der Waals surface area contributed by atoms with E-state index in [0.717, 1.165) is 12.8 Å². The monoisotopic (exact) mass is 298 g/mol. The molecular formula is C14H22N2O3S. The van der Waals surface area contributed by atoms with Crippen molar-refractivity contribution in [1.29, 1.82) is 0 Å². The summed E-state index contributed by atoms with van der Waals surface area (Å²) in [7, 11) is 3.13. The van der Waals surface area contributed by atoms with E-state index in [1.165, 1.54) is 24.6 Å². The van der Waals surface area contributed by atoms with Crippen molar-refractivity contribution in [3.05, 3.63) is 6.07 Å². The van der Waals surface area contributed by atoms with Gasteiger partial charge in [-0.05, 0) is 18.3 Å². The largest absolute Gasteiger partial charge is 0.481 e. The van der Waals surface area contributed by atoms with Crippen molar-refractivity contribution in [3.8, 4) is 11.8 Å². The summed E-state index contributed by atoms with van der Waals surface area (Å²) in [5.74, 6) is 0.959. The van der Waals surface area contributed by atoms with Crippen molar-refractivity contribution in [1.82, 2.24) is 9.97 Å². The van der Waals surface area contributed by atoms with E-state index >= 15 is 0 Å². The van der Waals surface area contributed by atoms with E-state index in [0.29, 0.717) is 16.9 Å². The van der Waals surface area contributed by atoms with Gasteiger partial charge in [0, 0.05) is 5.25 Å². The fraction of sp³-hybridized carbons (Fsp3) is 0.714. The molecule has 0 aliphatic heterocycles. The summed E-state index contributed by atoms with van der Waals surface area (Å²) in [5.41, 5.74) is 0.152. The minimum Gasteiger partial charge on any atom is -0.481 e. The van der Waals surface area contributed by atoms with Crippen LogP contribution in [0.5, 0.6) is 11.8 Å². The number of thioether (sulfide) groups is 1. The highest BCUT2D eigenvalue weighted by molar-refractivity contribution is 7.99. The SMILES string of the molecule is COc1cc(OC)nc(SC(CO)C2(C)CCCC2)n1. The molecule has 1 fully saturated rings. The molecule has 1 unspecified atom stereocenters. The van der Waals surface area contributed by atoms with Gasteiger partial charge >= 0.3 is 0 Å². The molecular weight excluding hydrogens is 276 g/mol. The molecule has 1 aromatic heterocycles. The fourth-order valence-electron chi connectivity index (χ4n) is 2.68. The summed E-state index contributed by atoms with van der Waals surface area (Å²) < 4.78 is 10.3. The Morgan fingerprint density at radius 1 is 1.25 bits per heavy atom. The fourth-order valence-corrected chi connectivity index (χ4v) is 3.81. The number of hydrogen-bond donors (Lipinski definition) is 1. The lowest BCUT2D eigenvalue weighted by molar-refractivity contribution is 0.211. The first-order chi connectivity index (χ1) is 9.61. The van der Waals surface area contributed by atoms with Crippen LogP contribution in [0.3, 0.4) is 0 Å². The first-order valence-electron chi connectivity index (χ1n) is 6.86. The number of aliphatic hydroxyl groups excluding tert-OH is 1. The Bertz CT molecular complexity index is 428. The topological polar surface area (TPSA) is 64.5 Å². The molecule has 6 heteroatoms. The Morgan fingerprint density at radius 2 is 1.80 bits per heavy atom. The second kappa shape index (κ2) is 6.63. The first-order valence-corrected chi connectivity index (χ1v) is 7.74. The number of nitrogens with zero attached hydrogens (tertiary/aromatic N) is 2. The smallest absolute Gasteiger partial charge is 0.220 e. The highest BCUT2D eigenvalue weighted by atomic mass is 32.2. The van der Waals surface area contributed by atoms with Gasteiger partial charge in [-0.3, -0.25) is 0 Å². The maximum absolute atomic E-state index is 9.73. The molecule has 0 aromatic carbocycles. The van der Waals surface area contributed by atoms with Crippen LogP contribution in [0.4, 0.5) is 0 Å². The summed E-state index contributed by atoms with van der Waals surface area (Å²) in [6, 6.07) is 1.65. The molecule has 0 amide bonds. The van der Waals surface area contributed by atoms with E-state index in [4.69, 9.17) is 9.47 Å². The number of hydrogen-bond acceptors (Lipinski definition) is 6. The summed E-state index contributed by atoms with van der Waals surface area (Å²) in [4.78, 5) is 8.66. The van der Waals surface area contributed by atoms with Crippen molar-refractivity contribution < 1.29 is 14.6 Å². The first kappa shape index (κ1) is 15.4. The zero-order valence-corrected chi connectivity index (χ0v) is 13.1. The predicted molar refractivity (Wildman–Crippen MR) is 78.4 cm³/mol. The molecule has 0 radical (unpaired) electrons. The molecule has 1 aliphatic carbocycles. The molecule has 112 valence electrons. The third-order valence-corrected chi connectivity index (χ3v) is 5.41. The van der Waals surface area contributed by atoms with Gasteiger partial charge in [0.15, 0.2) is 5.16 Å². The summed E-state index contributed by atoms with van der Waals surface area (Å²) in [6.07, 6.45) is 4.75. The number of rotatable bonds is 6. The lowest BCUT2D eigenvalue weighted by Gasteiger charge is -2.31. The van der Waals surface area contributed by atoms with E-state index in [1.807, 2.05) is 0 Å². The quantitative estimate of drug-likeness (QED) is 0.643. The van der Waals surface area contributed by atoms with Crippen molar-refractivity contribution in [3.63, 3.8) is 0 Å². The molecule has 5 nitrogen and oxygen atoms in total. The third-order valence-electron chi connectivity index (χ3n) is 4.01. The number of aromatic nitrogens is 2. The molecule has 0 spiro atoms. The maximum Gasteiger partial charge on any atom is 0.220 e. The predicted octanol–water partition coefficient (Wildman–Crippen LogP) is 2.53. The Kier molecular flexibility index (Phi) is 5.10. The van der Waals surface area contributed by atoms with Crippen LogP contribution in [-0.4, -0.2) is 41.2 Å². The summed E-state index contributed by atoms with van der Waals surface area (Å²) in [6.45, 7) is 2.37. The number of aliphatic hydroxyl groups is 1. The summed E-state index contributed by atoms with van der Waals surface area (Å²) >= 11 is 1.51. The Labute approximate surface area is 124 Å². The normalized spacial score (nSPS) is 18.8. The standard InChI is InChI=1S/C14H22N2O3S/c1-14(6-4-5-7-14)10(9-17)20-13-15-11(18-2)8-12(16-13)19-3/h8,10,17H,4-7,9H2,1-3H3. The Morgan fingerprint density at radius 3 is 2.25 bits per heavy atom. The van der Waals surface area contributed by atoms with E-state index in [-0.39, 0.29) is 17.3 Å². The molecule has 0 bridgehead atoms. The van der Waals surface area contributed by atoms with Crippen LogP contribution >= 0.6 is 11.8 Å². The highest BCUT2D eigenvalue weighted by Gasteiger charge is 2.37. The van der Waals surface area contributed by atoms with E-state index in [2.05, 4.69) is 16.9 Å². The van der Waals surface area contributed by atoms with E-state index in [9.17, 15) is 5.11 Å². The van der Waals surface area contributed by atoms with Crippen LogP contribution in [-0.2, 0) is 0 Å². The van der Waals surface area contributed by atoms with Gasteiger partial charge < -0.3 is 14.6 Å². The number of methoxy groups -OCH3 is 2. The molecule has 1 aromatic rings.